The summed E-state index contributed by atoms with van der Waals surface area (Å²) in [5, 5.41) is 0. The van der Waals surface area contributed by atoms with Crippen LogP contribution in [0.3, 0.4) is 0 Å². The molecule has 0 saturated heterocycles. The van der Waals surface area contributed by atoms with Crippen LogP contribution >= 0.6 is 0 Å². The van der Waals surface area contributed by atoms with Crippen LogP contribution in [0.25, 0.3) is 0 Å². The van der Waals surface area contributed by atoms with Crippen molar-refractivity contribution in [1.29, 1.82) is 0 Å². The molecule has 2 aliphatic carbocycles. The first-order valence-corrected chi connectivity index (χ1v) is 11.7. The minimum Gasteiger partial charge on any atom is -0.166 e. The first-order chi connectivity index (χ1) is 13.9. The van der Waals surface area contributed by atoms with Gasteiger partial charge < -0.3 is 0 Å². The summed E-state index contributed by atoms with van der Waals surface area (Å²) in [5.41, 5.74) is 0.488. The van der Waals surface area contributed by atoms with Crippen LogP contribution in [-0.2, 0) is 6.18 Å². The second-order valence-corrected chi connectivity index (χ2v) is 9.49. The molecule has 0 spiro atoms. The van der Waals surface area contributed by atoms with E-state index < -0.39 is 11.7 Å². The van der Waals surface area contributed by atoms with E-state index in [1.165, 1.54) is 76.3 Å². The molecule has 2 saturated carbocycles. The van der Waals surface area contributed by atoms with Gasteiger partial charge in [0.05, 0.1) is 5.56 Å². The predicted octanol–water partition coefficient (Wildman–Crippen LogP) is 8.78. The maximum Gasteiger partial charge on any atom is 0.416 e. The quantitative estimate of drug-likeness (QED) is 0.397. The number of halogens is 3. The third kappa shape index (κ3) is 5.89. The number of hydrogen-bond acceptors (Lipinski definition) is 0. The zero-order valence-electron chi connectivity index (χ0n) is 17.9. The van der Waals surface area contributed by atoms with Crippen molar-refractivity contribution in [3.63, 3.8) is 0 Å². The fourth-order valence-electron chi connectivity index (χ4n) is 6.07. The molecule has 162 valence electrons. The maximum atomic E-state index is 12.9. The van der Waals surface area contributed by atoms with Gasteiger partial charge in [-0.15, -0.1) is 6.58 Å². The average Bonchev–Trinajstić information content (AvgIpc) is 2.73. The summed E-state index contributed by atoms with van der Waals surface area (Å²) in [6.45, 7) is 6.20. The lowest BCUT2D eigenvalue weighted by Crippen LogP contribution is -2.27. The second-order valence-electron chi connectivity index (χ2n) is 9.49. The van der Waals surface area contributed by atoms with Gasteiger partial charge in [0.15, 0.2) is 0 Å². The van der Waals surface area contributed by atoms with Crippen LogP contribution < -0.4 is 0 Å². The van der Waals surface area contributed by atoms with Crippen molar-refractivity contribution in [3.8, 4) is 0 Å². The Kier molecular flexibility index (Phi) is 7.87. The normalized spacial score (nSPS) is 29.4. The molecule has 0 heterocycles. The monoisotopic (exact) mass is 406 g/mol. The van der Waals surface area contributed by atoms with E-state index in [4.69, 9.17) is 0 Å². The fraction of sp³-hybridized carbons (Fsp3) is 0.692. The highest BCUT2D eigenvalue weighted by atomic mass is 19.4. The van der Waals surface area contributed by atoms with E-state index >= 15 is 0 Å². The first kappa shape index (κ1) is 22.4. The van der Waals surface area contributed by atoms with Gasteiger partial charge in [-0.3, -0.25) is 0 Å². The van der Waals surface area contributed by atoms with Crippen LogP contribution in [0.5, 0.6) is 0 Å². The summed E-state index contributed by atoms with van der Waals surface area (Å²) in [7, 11) is 0. The molecule has 0 aromatic heterocycles. The molecule has 0 radical (unpaired) electrons. The molecule has 3 heteroatoms. The molecule has 1 atom stereocenters. The molecule has 1 aromatic rings. The van der Waals surface area contributed by atoms with Crippen molar-refractivity contribution in [2.24, 2.45) is 23.7 Å². The highest BCUT2D eigenvalue weighted by Crippen LogP contribution is 2.46. The Hall–Kier alpha value is -1.25. The predicted molar refractivity (Wildman–Crippen MR) is 115 cm³/mol. The summed E-state index contributed by atoms with van der Waals surface area (Å²) >= 11 is 0. The molecule has 2 aliphatic rings. The van der Waals surface area contributed by atoms with Crippen LogP contribution in [-0.4, -0.2) is 0 Å². The molecule has 2 fully saturated rings. The number of benzene rings is 1. The highest BCUT2D eigenvalue weighted by Gasteiger charge is 2.34. The third-order valence-electron chi connectivity index (χ3n) is 7.73. The van der Waals surface area contributed by atoms with Crippen LogP contribution in [0.1, 0.15) is 94.6 Å². The number of rotatable bonds is 7. The molecule has 0 aliphatic heterocycles. The van der Waals surface area contributed by atoms with Crippen molar-refractivity contribution < 1.29 is 13.2 Å². The molecule has 3 rings (SSSR count). The van der Waals surface area contributed by atoms with E-state index in [1.54, 1.807) is 12.1 Å². The van der Waals surface area contributed by atoms with Crippen molar-refractivity contribution in [2.75, 3.05) is 0 Å². The Morgan fingerprint density at radius 2 is 1.48 bits per heavy atom. The first-order valence-electron chi connectivity index (χ1n) is 11.7. The smallest absolute Gasteiger partial charge is 0.166 e. The standard InChI is InChI=1S/C26H37F3/c1-3-5-19-7-9-20(10-8-19)21-11-13-22(14-12-21)25(6-4-2)23-15-17-24(18-16-23)26(27,28)29/h4,15-22,25H,2-3,5-14H2,1H3/t19-,20-,21?,22?,25?. The zero-order chi connectivity index (χ0) is 20.9. The van der Waals surface area contributed by atoms with Gasteiger partial charge in [-0.05, 0) is 92.2 Å². The molecular weight excluding hydrogens is 369 g/mol. The Labute approximate surface area is 175 Å². The zero-order valence-corrected chi connectivity index (χ0v) is 17.9. The fourth-order valence-corrected chi connectivity index (χ4v) is 6.07. The summed E-state index contributed by atoms with van der Waals surface area (Å²) in [6.07, 6.45) is 11.9. The number of hydrogen-bond donors (Lipinski definition) is 0. The lowest BCUT2D eigenvalue weighted by atomic mass is 9.66. The topological polar surface area (TPSA) is 0 Å². The SMILES string of the molecule is C=CCC(c1ccc(C(F)(F)F)cc1)C1CCC([C@H]2CC[C@H](CCC)CC2)CC1. The van der Waals surface area contributed by atoms with Crippen LogP contribution in [0.4, 0.5) is 13.2 Å². The van der Waals surface area contributed by atoms with Gasteiger partial charge in [0.2, 0.25) is 0 Å². The molecular formula is C26H37F3. The highest BCUT2D eigenvalue weighted by molar-refractivity contribution is 5.28. The van der Waals surface area contributed by atoms with Crippen molar-refractivity contribution in [1.82, 2.24) is 0 Å². The summed E-state index contributed by atoms with van der Waals surface area (Å²) in [4.78, 5) is 0. The van der Waals surface area contributed by atoms with E-state index in [9.17, 15) is 13.2 Å². The van der Waals surface area contributed by atoms with Gasteiger partial charge in [-0.25, -0.2) is 0 Å². The minimum absolute atomic E-state index is 0.302. The van der Waals surface area contributed by atoms with Gasteiger partial charge in [-0.2, -0.15) is 13.2 Å². The molecule has 1 unspecified atom stereocenters. The number of allylic oxidation sites excluding steroid dienone is 1. The van der Waals surface area contributed by atoms with E-state index in [2.05, 4.69) is 13.5 Å². The van der Waals surface area contributed by atoms with Crippen LogP contribution in [0.2, 0.25) is 0 Å². The summed E-state index contributed by atoms with van der Waals surface area (Å²) < 4.78 is 38.7. The molecule has 1 aromatic carbocycles. The maximum absolute atomic E-state index is 12.9. The largest absolute Gasteiger partial charge is 0.416 e. The van der Waals surface area contributed by atoms with E-state index in [0.29, 0.717) is 11.8 Å². The van der Waals surface area contributed by atoms with E-state index in [-0.39, 0.29) is 0 Å². The average molecular weight is 407 g/mol. The Bertz CT molecular complexity index is 614. The van der Waals surface area contributed by atoms with Crippen molar-refractivity contribution in [2.45, 2.75) is 89.6 Å². The lowest BCUT2D eigenvalue weighted by molar-refractivity contribution is -0.137. The van der Waals surface area contributed by atoms with Crippen LogP contribution in [0.15, 0.2) is 36.9 Å². The van der Waals surface area contributed by atoms with Gasteiger partial charge in [-0.1, -0.05) is 50.8 Å². The van der Waals surface area contributed by atoms with E-state index in [1.807, 2.05) is 6.08 Å². The van der Waals surface area contributed by atoms with Crippen LogP contribution in [0, 0.1) is 23.7 Å². The molecule has 0 amide bonds. The Morgan fingerprint density at radius 1 is 0.931 bits per heavy atom. The Balaban J connectivity index is 1.57. The third-order valence-corrected chi connectivity index (χ3v) is 7.73. The molecule has 0 bridgehead atoms. The van der Waals surface area contributed by atoms with Gasteiger partial charge in [0.25, 0.3) is 0 Å². The molecule has 0 nitrogen and oxygen atoms in total. The lowest BCUT2D eigenvalue weighted by Gasteiger charge is -2.40. The molecule has 29 heavy (non-hydrogen) atoms. The number of alkyl halides is 3. The van der Waals surface area contributed by atoms with Gasteiger partial charge in [0.1, 0.15) is 0 Å². The van der Waals surface area contributed by atoms with Crippen molar-refractivity contribution in [3.05, 3.63) is 48.0 Å². The van der Waals surface area contributed by atoms with Gasteiger partial charge >= 0.3 is 6.18 Å². The van der Waals surface area contributed by atoms with E-state index in [0.717, 1.165) is 29.7 Å². The van der Waals surface area contributed by atoms with Crippen molar-refractivity contribution >= 4 is 0 Å². The Morgan fingerprint density at radius 3 is 1.97 bits per heavy atom. The molecule has 0 N–H and O–H groups in total. The summed E-state index contributed by atoms with van der Waals surface area (Å²) in [5.74, 6) is 3.61. The van der Waals surface area contributed by atoms with Gasteiger partial charge in [0, 0.05) is 0 Å². The second kappa shape index (κ2) is 10.2. The summed E-state index contributed by atoms with van der Waals surface area (Å²) in [6, 6.07) is 5.87. The minimum atomic E-state index is -4.26.